The van der Waals surface area contributed by atoms with Crippen molar-refractivity contribution in [2.75, 3.05) is 7.05 Å². The SMILES string of the molecule is CC(C(=O)O)c1cccc2c1C(=O)N(C)C2. The van der Waals surface area contributed by atoms with Gasteiger partial charge in [0, 0.05) is 19.2 Å². The van der Waals surface area contributed by atoms with E-state index in [-0.39, 0.29) is 5.91 Å². The normalized spacial score (nSPS) is 16.1. The summed E-state index contributed by atoms with van der Waals surface area (Å²) in [6.07, 6.45) is 0. The van der Waals surface area contributed by atoms with Crippen molar-refractivity contribution in [2.45, 2.75) is 19.4 Å². The quantitative estimate of drug-likeness (QED) is 0.819. The van der Waals surface area contributed by atoms with Crippen molar-refractivity contribution in [1.29, 1.82) is 0 Å². The molecule has 1 amide bonds. The summed E-state index contributed by atoms with van der Waals surface area (Å²) in [6, 6.07) is 5.39. The molecule has 1 aromatic carbocycles. The average Bonchev–Trinajstić information content (AvgIpc) is 2.54. The summed E-state index contributed by atoms with van der Waals surface area (Å²) in [4.78, 5) is 24.4. The number of carbonyl (C=O) groups is 2. The van der Waals surface area contributed by atoms with Gasteiger partial charge in [-0.2, -0.15) is 0 Å². The zero-order valence-electron chi connectivity index (χ0n) is 9.23. The Morgan fingerprint density at radius 1 is 1.50 bits per heavy atom. The van der Waals surface area contributed by atoms with Gasteiger partial charge >= 0.3 is 5.97 Å². The maximum Gasteiger partial charge on any atom is 0.310 e. The number of carboxylic acid groups (broad SMARTS) is 1. The van der Waals surface area contributed by atoms with Crippen molar-refractivity contribution < 1.29 is 14.7 Å². The van der Waals surface area contributed by atoms with E-state index < -0.39 is 11.9 Å². The number of rotatable bonds is 2. The van der Waals surface area contributed by atoms with E-state index in [1.165, 1.54) is 0 Å². The van der Waals surface area contributed by atoms with Crippen LogP contribution in [0.2, 0.25) is 0 Å². The van der Waals surface area contributed by atoms with Gasteiger partial charge in [0.25, 0.3) is 5.91 Å². The summed E-state index contributed by atoms with van der Waals surface area (Å²) in [5.74, 6) is -1.64. The van der Waals surface area contributed by atoms with Crippen LogP contribution >= 0.6 is 0 Å². The van der Waals surface area contributed by atoms with E-state index in [9.17, 15) is 9.59 Å². The third kappa shape index (κ3) is 1.46. The molecule has 0 bridgehead atoms. The highest BCUT2D eigenvalue weighted by atomic mass is 16.4. The van der Waals surface area contributed by atoms with Crippen molar-refractivity contribution >= 4 is 11.9 Å². The van der Waals surface area contributed by atoms with Crippen LogP contribution in [0.15, 0.2) is 18.2 Å². The van der Waals surface area contributed by atoms with Gasteiger partial charge in [-0.3, -0.25) is 9.59 Å². The molecule has 0 spiro atoms. The topological polar surface area (TPSA) is 57.6 Å². The lowest BCUT2D eigenvalue weighted by atomic mass is 9.93. The van der Waals surface area contributed by atoms with E-state index in [1.807, 2.05) is 6.07 Å². The van der Waals surface area contributed by atoms with Crippen LogP contribution < -0.4 is 0 Å². The molecule has 1 aromatic rings. The second-order valence-corrected chi connectivity index (χ2v) is 4.10. The monoisotopic (exact) mass is 219 g/mol. The zero-order valence-corrected chi connectivity index (χ0v) is 9.23. The van der Waals surface area contributed by atoms with Crippen LogP contribution in [0.3, 0.4) is 0 Å². The maximum atomic E-state index is 11.9. The smallest absolute Gasteiger partial charge is 0.310 e. The minimum absolute atomic E-state index is 0.0845. The van der Waals surface area contributed by atoms with E-state index in [0.29, 0.717) is 17.7 Å². The fraction of sp³-hybridized carbons (Fsp3) is 0.333. The fourth-order valence-corrected chi connectivity index (χ4v) is 2.02. The molecule has 1 aliphatic heterocycles. The Morgan fingerprint density at radius 3 is 2.81 bits per heavy atom. The zero-order chi connectivity index (χ0) is 11.9. The molecule has 1 N–H and O–H groups in total. The van der Waals surface area contributed by atoms with Crippen LogP contribution in [0, 0.1) is 0 Å². The lowest BCUT2D eigenvalue weighted by molar-refractivity contribution is -0.138. The molecule has 4 heteroatoms. The number of fused-ring (bicyclic) bond motifs is 1. The molecule has 0 aliphatic carbocycles. The first kappa shape index (κ1) is 10.7. The standard InChI is InChI=1S/C12H13NO3/c1-7(12(15)16)9-5-3-4-8-6-13(2)11(14)10(8)9/h3-5,7H,6H2,1-2H3,(H,15,16). The number of carbonyl (C=O) groups excluding carboxylic acids is 1. The van der Waals surface area contributed by atoms with Crippen LogP contribution in [0.5, 0.6) is 0 Å². The second kappa shape index (κ2) is 3.63. The Bertz CT molecular complexity index is 467. The summed E-state index contributed by atoms with van der Waals surface area (Å²) < 4.78 is 0. The Hall–Kier alpha value is -1.84. The Labute approximate surface area is 93.5 Å². The van der Waals surface area contributed by atoms with Crippen LogP contribution in [-0.2, 0) is 11.3 Å². The van der Waals surface area contributed by atoms with E-state index >= 15 is 0 Å². The molecule has 0 radical (unpaired) electrons. The number of benzene rings is 1. The number of hydrogen-bond acceptors (Lipinski definition) is 2. The van der Waals surface area contributed by atoms with Gasteiger partial charge in [-0.05, 0) is 18.1 Å². The Balaban J connectivity index is 2.54. The predicted molar refractivity (Wildman–Crippen MR) is 58.3 cm³/mol. The fourth-order valence-electron chi connectivity index (χ4n) is 2.02. The number of hydrogen-bond donors (Lipinski definition) is 1. The first-order valence-electron chi connectivity index (χ1n) is 5.12. The minimum Gasteiger partial charge on any atom is -0.481 e. The van der Waals surface area contributed by atoms with E-state index in [4.69, 9.17) is 5.11 Å². The molecule has 84 valence electrons. The molecule has 1 atom stereocenters. The largest absolute Gasteiger partial charge is 0.481 e. The lowest BCUT2D eigenvalue weighted by Gasteiger charge is -2.11. The molecule has 0 saturated carbocycles. The molecule has 0 aromatic heterocycles. The summed E-state index contributed by atoms with van der Waals surface area (Å²) >= 11 is 0. The molecule has 16 heavy (non-hydrogen) atoms. The summed E-state index contributed by atoms with van der Waals surface area (Å²) in [7, 11) is 1.72. The summed E-state index contributed by atoms with van der Waals surface area (Å²) in [5.41, 5.74) is 2.09. The molecular formula is C12H13NO3. The van der Waals surface area contributed by atoms with Crippen molar-refractivity contribution in [2.24, 2.45) is 0 Å². The molecular weight excluding hydrogens is 206 g/mol. The van der Waals surface area contributed by atoms with Gasteiger partial charge in [0.2, 0.25) is 0 Å². The Kier molecular flexibility index (Phi) is 2.42. The van der Waals surface area contributed by atoms with Crippen LogP contribution in [-0.4, -0.2) is 28.9 Å². The molecule has 1 heterocycles. The number of nitrogens with zero attached hydrogens (tertiary/aromatic N) is 1. The number of amides is 1. The van der Waals surface area contributed by atoms with Crippen LogP contribution in [0.4, 0.5) is 0 Å². The van der Waals surface area contributed by atoms with Gasteiger partial charge in [0.15, 0.2) is 0 Å². The molecule has 0 fully saturated rings. The second-order valence-electron chi connectivity index (χ2n) is 4.10. The van der Waals surface area contributed by atoms with Gasteiger partial charge in [0.05, 0.1) is 5.92 Å². The highest BCUT2D eigenvalue weighted by Crippen LogP contribution is 2.29. The van der Waals surface area contributed by atoms with Crippen LogP contribution in [0.1, 0.15) is 34.3 Å². The summed E-state index contributed by atoms with van der Waals surface area (Å²) in [5, 5.41) is 8.99. The van der Waals surface area contributed by atoms with Crippen molar-refractivity contribution in [3.05, 3.63) is 34.9 Å². The van der Waals surface area contributed by atoms with E-state index in [2.05, 4.69) is 0 Å². The van der Waals surface area contributed by atoms with Crippen molar-refractivity contribution in [3.8, 4) is 0 Å². The number of carboxylic acids is 1. The molecule has 0 saturated heterocycles. The third-order valence-electron chi connectivity index (χ3n) is 2.99. The first-order valence-corrected chi connectivity index (χ1v) is 5.12. The number of aliphatic carboxylic acids is 1. The van der Waals surface area contributed by atoms with Crippen LogP contribution in [0.25, 0.3) is 0 Å². The first-order chi connectivity index (χ1) is 7.52. The van der Waals surface area contributed by atoms with Crippen molar-refractivity contribution in [3.63, 3.8) is 0 Å². The highest BCUT2D eigenvalue weighted by Gasteiger charge is 2.30. The predicted octanol–water partition coefficient (Wildman–Crippen LogP) is 1.46. The van der Waals surface area contributed by atoms with Crippen molar-refractivity contribution in [1.82, 2.24) is 4.90 Å². The Morgan fingerprint density at radius 2 is 2.19 bits per heavy atom. The minimum atomic E-state index is -0.907. The average molecular weight is 219 g/mol. The van der Waals surface area contributed by atoms with Gasteiger partial charge in [0.1, 0.15) is 0 Å². The van der Waals surface area contributed by atoms with Gasteiger partial charge in [-0.1, -0.05) is 18.2 Å². The van der Waals surface area contributed by atoms with Gasteiger partial charge in [-0.15, -0.1) is 0 Å². The van der Waals surface area contributed by atoms with Gasteiger partial charge in [-0.25, -0.2) is 0 Å². The third-order valence-corrected chi connectivity index (χ3v) is 2.99. The highest BCUT2D eigenvalue weighted by molar-refractivity contribution is 6.00. The maximum absolute atomic E-state index is 11.9. The molecule has 1 unspecified atom stereocenters. The lowest BCUT2D eigenvalue weighted by Crippen LogP contribution is -2.19. The van der Waals surface area contributed by atoms with E-state index in [0.717, 1.165) is 5.56 Å². The van der Waals surface area contributed by atoms with E-state index in [1.54, 1.807) is 31.0 Å². The molecule has 4 nitrogen and oxygen atoms in total. The molecule has 1 aliphatic rings. The molecule has 2 rings (SSSR count). The van der Waals surface area contributed by atoms with Gasteiger partial charge < -0.3 is 10.0 Å². The summed E-state index contributed by atoms with van der Waals surface area (Å²) in [6.45, 7) is 2.16.